The third-order valence-electron chi connectivity index (χ3n) is 3.91. The van der Waals surface area contributed by atoms with E-state index >= 15 is 0 Å². The largest absolute Gasteiger partial charge is 0.492 e. The summed E-state index contributed by atoms with van der Waals surface area (Å²) in [5.74, 6) is 0.497. The number of Topliss-reactive ketones (excluding diaryl/α,β-unsaturated/α-hetero) is 1. The molecule has 2 amide bonds. The van der Waals surface area contributed by atoms with Gasteiger partial charge in [0, 0.05) is 17.3 Å². The second-order valence-corrected chi connectivity index (χ2v) is 6.83. The van der Waals surface area contributed by atoms with Gasteiger partial charge in [0.05, 0.1) is 17.2 Å². The summed E-state index contributed by atoms with van der Waals surface area (Å²) in [4.78, 5) is 24.0. The Labute approximate surface area is 158 Å². The molecule has 0 saturated carbocycles. The second-order valence-electron chi connectivity index (χ2n) is 6.42. The number of hydrogen-bond acceptors (Lipinski definition) is 3. The van der Waals surface area contributed by atoms with Gasteiger partial charge in [0.2, 0.25) is 0 Å². The Morgan fingerprint density at radius 3 is 2.54 bits per heavy atom. The summed E-state index contributed by atoms with van der Waals surface area (Å²) < 4.78 is 5.43. The van der Waals surface area contributed by atoms with Crippen molar-refractivity contribution in [2.75, 3.05) is 11.9 Å². The van der Waals surface area contributed by atoms with Gasteiger partial charge in [-0.05, 0) is 51.5 Å². The van der Waals surface area contributed by atoms with Crippen molar-refractivity contribution in [2.24, 2.45) is 0 Å². The van der Waals surface area contributed by atoms with Gasteiger partial charge in [-0.3, -0.25) is 4.79 Å². The lowest BCUT2D eigenvalue weighted by Gasteiger charge is -2.27. The van der Waals surface area contributed by atoms with Gasteiger partial charge in [0.1, 0.15) is 5.75 Å². The van der Waals surface area contributed by atoms with Gasteiger partial charge in [-0.15, -0.1) is 0 Å². The third-order valence-corrected chi connectivity index (χ3v) is 4.22. The Morgan fingerprint density at radius 2 is 1.88 bits per heavy atom. The van der Waals surface area contributed by atoms with E-state index in [1.807, 2.05) is 26.8 Å². The fourth-order valence-electron chi connectivity index (χ4n) is 2.49. The number of ether oxygens (including phenoxy) is 1. The molecule has 2 N–H and O–H groups in total. The molecular formula is C20H23ClN2O3. The van der Waals surface area contributed by atoms with E-state index in [4.69, 9.17) is 16.3 Å². The van der Waals surface area contributed by atoms with Crippen molar-refractivity contribution in [3.8, 4) is 5.75 Å². The molecule has 5 nitrogen and oxygen atoms in total. The van der Waals surface area contributed by atoms with Crippen LogP contribution in [-0.2, 0) is 5.54 Å². The predicted octanol–water partition coefficient (Wildman–Crippen LogP) is 5.00. The predicted molar refractivity (Wildman–Crippen MR) is 104 cm³/mol. The van der Waals surface area contributed by atoms with Crippen LogP contribution in [0.4, 0.5) is 10.5 Å². The topological polar surface area (TPSA) is 67.4 Å². The first-order valence-corrected chi connectivity index (χ1v) is 8.73. The summed E-state index contributed by atoms with van der Waals surface area (Å²) in [7, 11) is 0. The highest BCUT2D eigenvalue weighted by Crippen LogP contribution is 2.28. The van der Waals surface area contributed by atoms with Gasteiger partial charge in [-0.25, -0.2) is 4.79 Å². The van der Waals surface area contributed by atoms with E-state index in [-0.39, 0.29) is 11.8 Å². The summed E-state index contributed by atoms with van der Waals surface area (Å²) in [6, 6.07) is 11.9. The van der Waals surface area contributed by atoms with Gasteiger partial charge in [0.25, 0.3) is 0 Å². The van der Waals surface area contributed by atoms with Crippen LogP contribution in [0.3, 0.4) is 0 Å². The van der Waals surface area contributed by atoms with Crippen molar-refractivity contribution < 1.29 is 14.3 Å². The molecule has 0 aliphatic rings. The average molecular weight is 375 g/mol. The first-order chi connectivity index (χ1) is 12.2. The molecule has 0 bridgehead atoms. The molecule has 0 radical (unpaired) electrons. The molecule has 0 aliphatic heterocycles. The SMILES string of the molecule is CCOc1cc(NC(=O)NC(C)(C)c2cccc(C(C)=O)c2)ccc1Cl. The summed E-state index contributed by atoms with van der Waals surface area (Å²) >= 11 is 6.06. The van der Waals surface area contributed by atoms with Crippen molar-refractivity contribution in [2.45, 2.75) is 33.2 Å². The number of halogens is 1. The monoisotopic (exact) mass is 374 g/mol. The Kier molecular flexibility index (Phi) is 6.27. The first-order valence-electron chi connectivity index (χ1n) is 8.36. The number of carbonyl (C=O) groups is 2. The summed E-state index contributed by atoms with van der Waals surface area (Å²) in [5.41, 5.74) is 1.36. The summed E-state index contributed by atoms with van der Waals surface area (Å²) in [6.45, 7) is 7.61. The van der Waals surface area contributed by atoms with Crippen LogP contribution in [0.5, 0.6) is 5.75 Å². The minimum Gasteiger partial charge on any atom is -0.492 e. The van der Waals surface area contributed by atoms with Crippen LogP contribution >= 0.6 is 11.6 Å². The molecule has 2 aromatic rings. The van der Waals surface area contributed by atoms with E-state index < -0.39 is 5.54 Å². The first kappa shape index (κ1) is 19.8. The fraction of sp³-hybridized carbons (Fsp3) is 0.300. The van der Waals surface area contributed by atoms with Crippen LogP contribution in [0, 0.1) is 0 Å². The number of nitrogens with one attached hydrogen (secondary N) is 2. The maximum Gasteiger partial charge on any atom is 0.319 e. The van der Waals surface area contributed by atoms with Crippen LogP contribution in [0.15, 0.2) is 42.5 Å². The van der Waals surface area contributed by atoms with Gasteiger partial charge < -0.3 is 15.4 Å². The fourth-order valence-corrected chi connectivity index (χ4v) is 2.66. The van der Waals surface area contributed by atoms with Crippen LogP contribution < -0.4 is 15.4 Å². The van der Waals surface area contributed by atoms with Gasteiger partial charge in [-0.2, -0.15) is 0 Å². The van der Waals surface area contributed by atoms with Crippen LogP contribution in [0.2, 0.25) is 5.02 Å². The van der Waals surface area contributed by atoms with Gasteiger partial charge in [-0.1, -0.05) is 29.8 Å². The van der Waals surface area contributed by atoms with Gasteiger partial charge >= 0.3 is 6.03 Å². The summed E-state index contributed by atoms with van der Waals surface area (Å²) in [6.07, 6.45) is 0. The number of rotatable bonds is 6. The molecule has 0 heterocycles. The normalized spacial score (nSPS) is 11.0. The number of carbonyl (C=O) groups excluding carboxylic acids is 2. The van der Waals surface area contributed by atoms with Crippen molar-refractivity contribution in [3.63, 3.8) is 0 Å². The minimum atomic E-state index is -0.662. The van der Waals surface area contributed by atoms with Crippen molar-refractivity contribution >= 4 is 29.1 Å². The zero-order chi connectivity index (χ0) is 19.3. The smallest absolute Gasteiger partial charge is 0.319 e. The standard InChI is InChI=1S/C20H23ClN2O3/c1-5-26-18-12-16(9-10-17(18)21)22-19(25)23-20(3,4)15-8-6-7-14(11-15)13(2)24/h6-12H,5H2,1-4H3,(H2,22,23,25). The molecular weight excluding hydrogens is 352 g/mol. The van der Waals surface area contributed by atoms with E-state index in [1.165, 1.54) is 6.92 Å². The molecule has 0 spiro atoms. The molecule has 6 heteroatoms. The average Bonchev–Trinajstić information content (AvgIpc) is 2.57. The van der Waals surface area contributed by atoms with E-state index in [0.29, 0.717) is 28.6 Å². The molecule has 0 fully saturated rings. The minimum absolute atomic E-state index is 0.0169. The number of ketones is 1. The zero-order valence-electron chi connectivity index (χ0n) is 15.4. The Hall–Kier alpha value is -2.53. The molecule has 138 valence electrons. The number of anilines is 1. The zero-order valence-corrected chi connectivity index (χ0v) is 16.1. The molecule has 0 saturated heterocycles. The second kappa shape index (κ2) is 8.23. The quantitative estimate of drug-likeness (QED) is 0.699. The van der Waals surface area contributed by atoms with Crippen molar-refractivity contribution in [1.82, 2.24) is 5.32 Å². The van der Waals surface area contributed by atoms with Crippen LogP contribution in [0.1, 0.15) is 43.6 Å². The number of amides is 2. The van der Waals surface area contributed by atoms with E-state index in [0.717, 1.165) is 5.56 Å². The number of urea groups is 1. The molecule has 0 atom stereocenters. The third kappa shape index (κ3) is 4.99. The molecule has 2 aromatic carbocycles. The van der Waals surface area contributed by atoms with E-state index in [1.54, 1.807) is 36.4 Å². The van der Waals surface area contributed by atoms with Gasteiger partial charge in [0.15, 0.2) is 5.78 Å². The molecule has 0 unspecified atom stereocenters. The highest BCUT2D eigenvalue weighted by Gasteiger charge is 2.23. The Bertz CT molecular complexity index is 818. The lowest BCUT2D eigenvalue weighted by atomic mass is 9.92. The maximum absolute atomic E-state index is 12.4. The van der Waals surface area contributed by atoms with Crippen LogP contribution in [0.25, 0.3) is 0 Å². The number of benzene rings is 2. The molecule has 2 rings (SSSR count). The summed E-state index contributed by atoms with van der Waals surface area (Å²) in [5, 5.41) is 6.18. The lowest BCUT2D eigenvalue weighted by Crippen LogP contribution is -2.43. The van der Waals surface area contributed by atoms with Crippen molar-refractivity contribution in [3.05, 3.63) is 58.6 Å². The number of hydrogen-bond donors (Lipinski definition) is 2. The molecule has 0 aromatic heterocycles. The van der Waals surface area contributed by atoms with Crippen LogP contribution in [-0.4, -0.2) is 18.4 Å². The highest BCUT2D eigenvalue weighted by molar-refractivity contribution is 6.32. The van der Waals surface area contributed by atoms with Crippen molar-refractivity contribution in [1.29, 1.82) is 0 Å². The highest BCUT2D eigenvalue weighted by atomic mass is 35.5. The molecule has 26 heavy (non-hydrogen) atoms. The lowest BCUT2D eigenvalue weighted by molar-refractivity contribution is 0.101. The maximum atomic E-state index is 12.4. The molecule has 0 aliphatic carbocycles. The van der Waals surface area contributed by atoms with E-state index in [9.17, 15) is 9.59 Å². The Balaban J connectivity index is 2.12. The Morgan fingerprint density at radius 1 is 1.15 bits per heavy atom. The van der Waals surface area contributed by atoms with E-state index in [2.05, 4.69) is 10.6 Å².